The molecule has 0 spiro atoms. The fraction of sp³-hybridized carbons (Fsp3) is 0.933. The molecule has 1 fully saturated rings. The van der Waals surface area contributed by atoms with Crippen molar-refractivity contribution in [3.8, 4) is 0 Å². The van der Waals surface area contributed by atoms with Gasteiger partial charge >= 0.3 is 0 Å². The third-order valence-corrected chi connectivity index (χ3v) is 4.04. The molecule has 0 aliphatic carbocycles. The van der Waals surface area contributed by atoms with E-state index in [-0.39, 0.29) is 0 Å². The zero-order chi connectivity index (χ0) is 14.8. The summed E-state index contributed by atoms with van der Waals surface area (Å²) in [6.45, 7) is 13.8. The Balaban J connectivity index is 2.37. The third kappa shape index (κ3) is 6.09. The molecule has 1 atom stereocenters. The van der Waals surface area contributed by atoms with E-state index >= 15 is 0 Å². The van der Waals surface area contributed by atoms with Crippen LogP contribution in [0.5, 0.6) is 0 Å². The van der Waals surface area contributed by atoms with Gasteiger partial charge in [-0.1, -0.05) is 13.8 Å². The van der Waals surface area contributed by atoms with Crippen LogP contribution in [0.25, 0.3) is 0 Å². The second-order valence-electron chi connectivity index (χ2n) is 5.47. The summed E-state index contributed by atoms with van der Waals surface area (Å²) in [4.78, 5) is 9.59. The van der Waals surface area contributed by atoms with E-state index in [0.717, 1.165) is 45.2 Å². The average molecular weight is 283 g/mol. The van der Waals surface area contributed by atoms with Crippen molar-refractivity contribution in [1.82, 2.24) is 20.4 Å². The molecule has 1 heterocycles. The molecule has 0 bridgehead atoms. The van der Waals surface area contributed by atoms with Gasteiger partial charge in [0.1, 0.15) is 0 Å². The first kappa shape index (κ1) is 17.2. The molecule has 5 heteroatoms. The maximum Gasteiger partial charge on any atom is 0.191 e. The number of hydrogen-bond donors (Lipinski definition) is 2. The minimum absolute atomic E-state index is 0.633. The van der Waals surface area contributed by atoms with Crippen LogP contribution in [-0.2, 0) is 0 Å². The summed E-state index contributed by atoms with van der Waals surface area (Å²) in [6.07, 6.45) is 2.61. The molecule has 0 aromatic heterocycles. The van der Waals surface area contributed by atoms with E-state index in [1.165, 1.54) is 19.4 Å². The van der Waals surface area contributed by atoms with Crippen molar-refractivity contribution < 1.29 is 0 Å². The first-order chi connectivity index (χ1) is 9.71. The van der Waals surface area contributed by atoms with Gasteiger partial charge in [0, 0.05) is 25.7 Å². The molecule has 5 nitrogen and oxygen atoms in total. The lowest BCUT2D eigenvalue weighted by molar-refractivity contribution is 0.273. The quantitative estimate of drug-likeness (QED) is 0.515. The SMILES string of the molecule is CCNC(=NCC1CCCN1CC)NCCN(C)CC. The van der Waals surface area contributed by atoms with Gasteiger partial charge < -0.3 is 15.5 Å². The van der Waals surface area contributed by atoms with Crippen LogP contribution in [0.15, 0.2) is 4.99 Å². The zero-order valence-corrected chi connectivity index (χ0v) is 13.8. The lowest BCUT2D eigenvalue weighted by atomic mass is 10.2. The number of rotatable bonds is 8. The highest BCUT2D eigenvalue weighted by atomic mass is 15.2. The molecule has 20 heavy (non-hydrogen) atoms. The first-order valence-electron chi connectivity index (χ1n) is 8.16. The topological polar surface area (TPSA) is 42.9 Å². The molecule has 0 aromatic rings. The number of nitrogens with zero attached hydrogens (tertiary/aromatic N) is 3. The largest absolute Gasteiger partial charge is 0.357 e. The maximum absolute atomic E-state index is 4.75. The second kappa shape index (κ2) is 10.00. The summed E-state index contributed by atoms with van der Waals surface area (Å²) >= 11 is 0. The van der Waals surface area contributed by atoms with E-state index in [4.69, 9.17) is 4.99 Å². The number of nitrogens with one attached hydrogen (secondary N) is 2. The average Bonchev–Trinajstić information content (AvgIpc) is 2.91. The van der Waals surface area contributed by atoms with Gasteiger partial charge in [-0.25, -0.2) is 0 Å². The van der Waals surface area contributed by atoms with Gasteiger partial charge in [0.2, 0.25) is 0 Å². The Morgan fingerprint density at radius 1 is 1.30 bits per heavy atom. The highest BCUT2D eigenvalue weighted by Crippen LogP contribution is 2.16. The molecule has 2 N–H and O–H groups in total. The Labute approximate surface area is 124 Å². The van der Waals surface area contributed by atoms with Crippen molar-refractivity contribution in [2.24, 2.45) is 4.99 Å². The lowest BCUT2D eigenvalue weighted by Crippen LogP contribution is -2.42. The van der Waals surface area contributed by atoms with Crippen molar-refractivity contribution in [2.75, 3.05) is 52.9 Å². The van der Waals surface area contributed by atoms with Crippen LogP contribution < -0.4 is 10.6 Å². The molecule has 1 unspecified atom stereocenters. The molecular weight excluding hydrogens is 250 g/mol. The van der Waals surface area contributed by atoms with Crippen LogP contribution in [0, 0.1) is 0 Å². The fourth-order valence-electron chi connectivity index (χ4n) is 2.58. The van der Waals surface area contributed by atoms with Gasteiger partial charge in [-0.05, 0) is 46.4 Å². The van der Waals surface area contributed by atoms with Crippen LogP contribution in [0.1, 0.15) is 33.6 Å². The van der Waals surface area contributed by atoms with Crippen molar-refractivity contribution in [3.05, 3.63) is 0 Å². The van der Waals surface area contributed by atoms with E-state index in [0.29, 0.717) is 6.04 Å². The Hall–Kier alpha value is -0.810. The molecular formula is C15H33N5. The highest BCUT2D eigenvalue weighted by molar-refractivity contribution is 5.79. The van der Waals surface area contributed by atoms with E-state index in [2.05, 4.69) is 48.3 Å². The molecule has 0 aromatic carbocycles. The maximum atomic E-state index is 4.75. The fourth-order valence-corrected chi connectivity index (χ4v) is 2.58. The minimum Gasteiger partial charge on any atom is -0.357 e. The summed E-state index contributed by atoms with van der Waals surface area (Å²) in [5.41, 5.74) is 0. The highest BCUT2D eigenvalue weighted by Gasteiger charge is 2.22. The van der Waals surface area contributed by atoms with Gasteiger partial charge in [-0.3, -0.25) is 9.89 Å². The monoisotopic (exact) mass is 283 g/mol. The molecule has 1 saturated heterocycles. The van der Waals surface area contributed by atoms with E-state index < -0.39 is 0 Å². The van der Waals surface area contributed by atoms with Gasteiger partial charge in [0.05, 0.1) is 6.54 Å². The Morgan fingerprint density at radius 3 is 2.75 bits per heavy atom. The Kier molecular flexibility index (Phi) is 8.62. The zero-order valence-electron chi connectivity index (χ0n) is 13.8. The van der Waals surface area contributed by atoms with Crippen LogP contribution in [0.2, 0.25) is 0 Å². The number of likely N-dealkylation sites (tertiary alicyclic amines) is 1. The Morgan fingerprint density at radius 2 is 2.10 bits per heavy atom. The van der Waals surface area contributed by atoms with Gasteiger partial charge in [0.25, 0.3) is 0 Å². The van der Waals surface area contributed by atoms with Crippen LogP contribution in [0.4, 0.5) is 0 Å². The molecule has 0 saturated carbocycles. The molecule has 118 valence electrons. The molecule has 0 radical (unpaired) electrons. The van der Waals surface area contributed by atoms with Gasteiger partial charge in [-0.15, -0.1) is 0 Å². The minimum atomic E-state index is 0.633. The standard InChI is InChI=1S/C15H33N5/c1-5-16-15(17-10-12-19(4)6-2)18-13-14-9-8-11-20(14)7-3/h14H,5-13H2,1-4H3,(H2,16,17,18). The van der Waals surface area contributed by atoms with E-state index in [1.54, 1.807) is 0 Å². The second-order valence-corrected chi connectivity index (χ2v) is 5.47. The van der Waals surface area contributed by atoms with Crippen molar-refractivity contribution in [1.29, 1.82) is 0 Å². The van der Waals surface area contributed by atoms with E-state index in [9.17, 15) is 0 Å². The number of hydrogen-bond acceptors (Lipinski definition) is 3. The van der Waals surface area contributed by atoms with Crippen molar-refractivity contribution in [2.45, 2.75) is 39.7 Å². The predicted octanol–water partition coefficient (Wildman–Crippen LogP) is 0.978. The van der Waals surface area contributed by atoms with Crippen LogP contribution >= 0.6 is 0 Å². The molecule has 1 rings (SSSR count). The van der Waals surface area contributed by atoms with Gasteiger partial charge in [0.15, 0.2) is 5.96 Å². The summed E-state index contributed by atoms with van der Waals surface area (Å²) < 4.78 is 0. The summed E-state index contributed by atoms with van der Waals surface area (Å²) in [7, 11) is 2.14. The third-order valence-electron chi connectivity index (χ3n) is 4.04. The van der Waals surface area contributed by atoms with Crippen molar-refractivity contribution >= 4 is 5.96 Å². The Bertz CT molecular complexity index is 279. The van der Waals surface area contributed by atoms with Gasteiger partial charge in [-0.2, -0.15) is 0 Å². The summed E-state index contributed by atoms with van der Waals surface area (Å²) in [5.74, 6) is 0.958. The van der Waals surface area contributed by atoms with Crippen molar-refractivity contribution in [3.63, 3.8) is 0 Å². The number of guanidine groups is 1. The molecule has 1 aliphatic heterocycles. The predicted molar refractivity (Wildman–Crippen MR) is 87.4 cm³/mol. The first-order valence-corrected chi connectivity index (χ1v) is 8.16. The number of aliphatic imine (C=N–C) groups is 1. The molecule has 0 amide bonds. The van der Waals surface area contributed by atoms with E-state index in [1.807, 2.05) is 0 Å². The summed E-state index contributed by atoms with van der Waals surface area (Å²) in [5, 5.41) is 6.75. The van der Waals surface area contributed by atoms with Crippen LogP contribution in [-0.4, -0.2) is 74.7 Å². The molecule has 1 aliphatic rings. The normalized spacial score (nSPS) is 20.6. The van der Waals surface area contributed by atoms with Crippen LogP contribution in [0.3, 0.4) is 0 Å². The smallest absolute Gasteiger partial charge is 0.191 e. The summed E-state index contributed by atoms with van der Waals surface area (Å²) in [6, 6.07) is 0.633. The lowest BCUT2D eigenvalue weighted by Gasteiger charge is -2.22. The number of likely N-dealkylation sites (N-methyl/N-ethyl adjacent to an activating group) is 2.